The molecular weight excluding hydrogens is 186 g/mol. The molecule has 0 radical (unpaired) electrons. The number of rotatable bonds is 2. The van der Waals surface area contributed by atoms with Crippen molar-refractivity contribution in [2.45, 2.75) is 46.1 Å². The predicted molar refractivity (Wildman–Crippen MR) is 62.2 cm³/mol. The zero-order chi connectivity index (χ0) is 10.8. The lowest BCUT2D eigenvalue weighted by Crippen LogP contribution is -2.32. The van der Waals surface area contributed by atoms with E-state index in [1.165, 1.54) is 29.8 Å². The van der Waals surface area contributed by atoms with Crippen molar-refractivity contribution in [3.63, 3.8) is 0 Å². The molecular formula is C12H21N3. The third kappa shape index (κ3) is 1.93. The standard InChI is InChI=1S/C12H21N3/c1-4-12-9(2)14-15(10(12)3)11-6-5-7-13-8-11/h11,13H,4-8H2,1-3H3. The second kappa shape index (κ2) is 4.35. The molecule has 0 amide bonds. The van der Waals surface area contributed by atoms with Crippen LogP contribution in [0.25, 0.3) is 0 Å². The molecule has 1 N–H and O–H groups in total. The number of piperidine rings is 1. The first kappa shape index (κ1) is 10.7. The second-order valence-corrected chi connectivity index (χ2v) is 4.45. The van der Waals surface area contributed by atoms with Crippen LogP contribution in [-0.4, -0.2) is 22.9 Å². The Kier molecular flexibility index (Phi) is 3.10. The van der Waals surface area contributed by atoms with Gasteiger partial charge in [0.15, 0.2) is 0 Å². The number of aryl methyl sites for hydroxylation is 1. The molecule has 84 valence electrons. The number of nitrogens with zero attached hydrogens (tertiary/aromatic N) is 2. The van der Waals surface area contributed by atoms with Gasteiger partial charge in [0.05, 0.1) is 11.7 Å². The molecule has 0 saturated carbocycles. The molecule has 0 spiro atoms. The van der Waals surface area contributed by atoms with Crippen molar-refractivity contribution < 1.29 is 0 Å². The lowest BCUT2D eigenvalue weighted by Gasteiger charge is -2.24. The minimum absolute atomic E-state index is 0.567. The molecule has 1 fully saturated rings. The Hall–Kier alpha value is -0.830. The molecule has 0 aromatic carbocycles. The maximum absolute atomic E-state index is 4.68. The van der Waals surface area contributed by atoms with Crippen LogP contribution in [0.4, 0.5) is 0 Å². The highest BCUT2D eigenvalue weighted by atomic mass is 15.3. The van der Waals surface area contributed by atoms with Crippen LogP contribution in [0.15, 0.2) is 0 Å². The Labute approximate surface area is 91.9 Å². The molecule has 15 heavy (non-hydrogen) atoms. The number of hydrogen-bond acceptors (Lipinski definition) is 2. The van der Waals surface area contributed by atoms with Crippen molar-refractivity contribution in [1.82, 2.24) is 15.1 Å². The van der Waals surface area contributed by atoms with Gasteiger partial charge in [-0.3, -0.25) is 4.68 Å². The van der Waals surface area contributed by atoms with E-state index in [0.717, 1.165) is 19.5 Å². The average molecular weight is 207 g/mol. The fourth-order valence-electron chi connectivity index (χ4n) is 2.61. The van der Waals surface area contributed by atoms with Gasteiger partial charge in [0.25, 0.3) is 0 Å². The van der Waals surface area contributed by atoms with E-state index in [0.29, 0.717) is 6.04 Å². The SMILES string of the molecule is CCc1c(C)nn(C2CCCNC2)c1C. The Morgan fingerprint density at radius 3 is 2.80 bits per heavy atom. The van der Waals surface area contributed by atoms with Gasteiger partial charge >= 0.3 is 0 Å². The van der Waals surface area contributed by atoms with E-state index in [4.69, 9.17) is 0 Å². The molecule has 1 aromatic heterocycles. The van der Waals surface area contributed by atoms with Crippen molar-refractivity contribution in [3.05, 3.63) is 17.0 Å². The molecule has 2 rings (SSSR count). The van der Waals surface area contributed by atoms with Crippen molar-refractivity contribution in [1.29, 1.82) is 0 Å². The van der Waals surface area contributed by atoms with Crippen LogP contribution < -0.4 is 5.32 Å². The summed E-state index contributed by atoms with van der Waals surface area (Å²) in [7, 11) is 0. The van der Waals surface area contributed by atoms with Crippen LogP contribution in [0.5, 0.6) is 0 Å². The molecule has 3 heteroatoms. The highest BCUT2D eigenvalue weighted by molar-refractivity contribution is 5.24. The van der Waals surface area contributed by atoms with E-state index in [2.05, 4.69) is 35.9 Å². The van der Waals surface area contributed by atoms with Gasteiger partial charge in [0.2, 0.25) is 0 Å². The van der Waals surface area contributed by atoms with E-state index in [1.807, 2.05) is 0 Å². The minimum atomic E-state index is 0.567. The summed E-state index contributed by atoms with van der Waals surface area (Å²) in [4.78, 5) is 0. The number of aromatic nitrogens is 2. The molecule has 0 aliphatic carbocycles. The summed E-state index contributed by atoms with van der Waals surface area (Å²) in [6.45, 7) is 8.77. The highest BCUT2D eigenvalue weighted by Crippen LogP contribution is 2.22. The summed E-state index contributed by atoms with van der Waals surface area (Å²) in [6.07, 6.45) is 3.63. The van der Waals surface area contributed by atoms with Gasteiger partial charge in [-0.15, -0.1) is 0 Å². The number of nitrogens with one attached hydrogen (secondary N) is 1. The fraction of sp³-hybridized carbons (Fsp3) is 0.750. The molecule has 1 aromatic rings. The van der Waals surface area contributed by atoms with Crippen LogP contribution in [0.2, 0.25) is 0 Å². The quantitative estimate of drug-likeness (QED) is 0.803. The van der Waals surface area contributed by atoms with E-state index >= 15 is 0 Å². The first-order chi connectivity index (χ1) is 7.24. The van der Waals surface area contributed by atoms with E-state index < -0.39 is 0 Å². The fourth-order valence-corrected chi connectivity index (χ4v) is 2.61. The summed E-state index contributed by atoms with van der Waals surface area (Å²) in [5.41, 5.74) is 4.00. The highest BCUT2D eigenvalue weighted by Gasteiger charge is 2.19. The normalized spacial score (nSPS) is 21.9. The Balaban J connectivity index is 2.27. The van der Waals surface area contributed by atoms with Crippen LogP contribution in [0.3, 0.4) is 0 Å². The van der Waals surface area contributed by atoms with Gasteiger partial charge in [-0.05, 0) is 45.2 Å². The summed E-state index contributed by atoms with van der Waals surface area (Å²) in [5, 5.41) is 8.13. The van der Waals surface area contributed by atoms with Gasteiger partial charge in [0.1, 0.15) is 0 Å². The largest absolute Gasteiger partial charge is 0.315 e. The van der Waals surface area contributed by atoms with E-state index in [9.17, 15) is 0 Å². The molecule has 1 saturated heterocycles. The lowest BCUT2D eigenvalue weighted by molar-refractivity contribution is 0.341. The van der Waals surface area contributed by atoms with E-state index in [1.54, 1.807) is 0 Å². The molecule has 1 aliphatic heterocycles. The molecule has 1 aliphatic rings. The van der Waals surface area contributed by atoms with Crippen LogP contribution in [0.1, 0.15) is 42.8 Å². The molecule has 1 unspecified atom stereocenters. The molecule has 0 bridgehead atoms. The smallest absolute Gasteiger partial charge is 0.0647 e. The van der Waals surface area contributed by atoms with Gasteiger partial charge in [0, 0.05) is 12.2 Å². The van der Waals surface area contributed by atoms with Crippen LogP contribution in [-0.2, 0) is 6.42 Å². The maximum Gasteiger partial charge on any atom is 0.0647 e. The molecule has 3 nitrogen and oxygen atoms in total. The lowest BCUT2D eigenvalue weighted by atomic mass is 10.1. The van der Waals surface area contributed by atoms with Crippen molar-refractivity contribution >= 4 is 0 Å². The Morgan fingerprint density at radius 2 is 2.27 bits per heavy atom. The average Bonchev–Trinajstić information content (AvgIpc) is 2.55. The third-order valence-electron chi connectivity index (χ3n) is 3.45. The van der Waals surface area contributed by atoms with Crippen molar-refractivity contribution in [2.24, 2.45) is 0 Å². The first-order valence-corrected chi connectivity index (χ1v) is 5.99. The number of hydrogen-bond donors (Lipinski definition) is 1. The topological polar surface area (TPSA) is 29.9 Å². The van der Waals surface area contributed by atoms with Crippen LogP contribution in [0, 0.1) is 13.8 Å². The Bertz CT molecular complexity index is 335. The summed E-state index contributed by atoms with van der Waals surface area (Å²) in [5.74, 6) is 0. The van der Waals surface area contributed by atoms with Crippen LogP contribution >= 0.6 is 0 Å². The first-order valence-electron chi connectivity index (χ1n) is 5.99. The van der Waals surface area contributed by atoms with Gasteiger partial charge < -0.3 is 5.32 Å². The van der Waals surface area contributed by atoms with Gasteiger partial charge in [-0.1, -0.05) is 6.92 Å². The monoisotopic (exact) mass is 207 g/mol. The second-order valence-electron chi connectivity index (χ2n) is 4.45. The third-order valence-corrected chi connectivity index (χ3v) is 3.45. The molecule has 1 atom stereocenters. The predicted octanol–water partition coefficient (Wildman–Crippen LogP) is 1.99. The zero-order valence-electron chi connectivity index (χ0n) is 10.0. The van der Waals surface area contributed by atoms with Gasteiger partial charge in [-0.25, -0.2) is 0 Å². The zero-order valence-corrected chi connectivity index (χ0v) is 10.0. The summed E-state index contributed by atoms with van der Waals surface area (Å²) in [6, 6.07) is 0.567. The summed E-state index contributed by atoms with van der Waals surface area (Å²) >= 11 is 0. The van der Waals surface area contributed by atoms with Crippen molar-refractivity contribution in [2.75, 3.05) is 13.1 Å². The molecule has 2 heterocycles. The minimum Gasteiger partial charge on any atom is -0.315 e. The summed E-state index contributed by atoms with van der Waals surface area (Å²) < 4.78 is 2.24. The maximum atomic E-state index is 4.68. The van der Waals surface area contributed by atoms with Gasteiger partial charge in [-0.2, -0.15) is 5.10 Å². The Morgan fingerprint density at radius 1 is 1.47 bits per heavy atom. The van der Waals surface area contributed by atoms with E-state index in [-0.39, 0.29) is 0 Å². The van der Waals surface area contributed by atoms with Crippen molar-refractivity contribution in [3.8, 4) is 0 Å².